The predicted octanol–water partition coefficient (Wildman–Crippen LogP) is 0.946. The maximum absolute atomic E-state index is 11.9. The zero-order valence-electron chi connectivity index (χ0n) is 11.2. The second-order valence-corrected chi connectivity index (χ2v) is 5.44. The maximum atomic E-state index is 11.9. The van der Waals surface area contributed by atoms with Crippen LogP contribution in [0.2, 0.25) is 0 Å². The molecule has 1 aromatic rings. The van der Waals surface area contributed by atoms with Crippen molar-refractivity contribution < 1.29 is 14.6 Å². The van der Waals surface area contributed by atoms with Crippen molar-refractivity contribution in [3.63, 3.8) is 0 Å². The topological polar surface area (TPSA) is 75.5 Å². The summed E-state index contributed by atoms with van der Waals surface area (Å²) >= 11 is 1.41. The zero-order chi connectivity index (χ0) is 14.0. The zero-order valence-corrected chi connectivity index (χ0v) is 12.0. The first-order valence-corrected chi connectivity index (χ1v) is 7.25. The largest absolute Gasteiger partial charge is 0.462 e. The minimum atomic E-state index is -0.726. The molecular formula is C12H17N3O3S. The van der Waals surface area contributed by atoms with Crippen LogP contribution in [0.15, 0.2) is 11.4 Å². The first-order valence-electron chi connectivity index (χ1n) is 6.02. The van der Waals surface area contributed by atoms with Gasteiger partial charge in [-0.2, -0.15) is 0 Å². The molecule has 0 bridgehead atoms. The van der Waals surface area contributed by atoms with Crippen molar-refractivity contribution in [3.8, 4) is 0 Å². The summed E-state index contributed by atoms with van der Waals surface area (Å²) < 4.78 is 5.00. The second kappa shape index (κ2) is 5.34. The summed E-state index contributed by atoms with van der Waals surface area (Å²) in [6, 6.07) is 0. The molecule has 1 N–H and O–H groups in total. The summed E-state index contributed by atoms with van der Waals surface area (Å²) in [5, 5.41) is 10.4. The first kappa shape index (κ1) is 14.1. The predicted molar refractivity (Wildman–Crippen MR) is 72.6 cm³/mol. The molecule has 1 aliphatic heterocycles. The van der Waals surface area contributed by atoms with Crippen molar-refractivity contribution in [1.29, 1.82) is 0 Å². The Balaban J connectivity index is 2.30. The van der Waals surface area contributed by atoms with E-state index in [1.54, 1.807) is 13.8 Å². The van der Waals surface area contributed by atoms with Gasteiger partial charge in [0.15, 0.2) is 5.16 Å². The number of hydrogen-bond donors (Lipinski definition) is 1. The number of aliphatic hydroxyl groups is 1. The third-order valence-corrected chi connectivity index (χ3v) is 3.35. The van der Waals surface area contributed by atoms with E-state index in [2.05, 4.69) is 9.97 Å². The minimum Gasteiger partial charge on any atom is -0.462 e. The van der Waals surface area contributed by atoms with Crippen LogP contribution in [0.4, 0.5) is 5.82 Å². The maximum Gasteiger partial charge on any atom is 0.343 e. The molecule has 0 saturated carbocycles. The van der Waals surface area contributed by atoms with Gasteiger partial charge in [0.1, 0.15) is 11.4 Å². The molecule has 0 aliphatic carbocycles. The van der Waals surface area contributed by atoms with Crippen LogP contribution in [0.5, 0.6) is 0 Å². The van der Waals surface area contributed by atoms with E-state index in [1.807, 2.05) is 11.2 Å². The molecule has 1 fully saturated rings. The van der Waals surface area contributed by atoms with Gasteiger partial charge >= 0.3 is 5.97 Å². The molecule has 0 radical (unpaired) electrons. The van der Waals surface area contributed by atoms with Crippen LogP contribution in [0.3, 0.4) is 0 Å². The van der Waals surface area contributed by atoms with Crippen molar-refractivity contribution in [2.75, 3.05) is 30.9 Å². The fourth-order valence-electron chi connectivity index (χ4n) is 1.98. The van der Waals surface area contributed by atoms with Crippen molar-refractivity contribution in [2.24, 2.45) is 0 Å². The number of thioether (sulfide) groups is 1. The van der Waals surface area contributed by atoms with Gasteiger partial charge in [0.25, 0.3) is 0 Å². The number of ether oxygens (including phenoxy) is 1. The number of nitrogens with zero attached hydrogens (tertiary/aromatic N) is 3. The van der Waals surface area contributed by atoms with Gasteiger partial charge in [-0.05, 0) is 20.1 Å². The van der Waals surface area contributed by atoms with Crippen LogP contribution in [0.25, 0.3) is 0 Å². The number of rotatable bonds is 4. The number of β-amino-alcohol motifs (C(OH)–C–C–N with tert-alkyl or cyclic N) is 1. The fraction of sp³-hybridized carbons (Fsp3) is 0.583. The van der Waals surface area contributed by atoms with Crippen LogP contribution in [-0.2, 0) is 4.74 Å². The summed E-state index contributed by atoms with van der Waals surface area (Å²) in [4.78, 5) is 22.2. The Morgan fingerprint density at radius 2 is 2.32 bits per heavy atom. The molecule has 1 saturated heterocycles. The van der Waals surface area contributed by atoms with Crippen LogP contribution in [0, 0.1) is 0 Å². The Kier molecular flexibility index (Phi) is 3.96. The molecule has 6 nitrogen and oxygen atoms in total. The minimum absolute atomic E-state index is 0.306. The second-order valence-electron chi connectivity index (χ2n) is 4.67. The lowest BCUT2D eigenvalue weighted by Crippen LogP contribution is -2.60. The lowest BCUT2D eigenvalue weighted by atomic mass is 9.96. The molecule has 0 aromatic carbocycles. The molecule has 7 heteroatoms. The normalized spacial score (nSPS) is 16.9. The molecule has 19 heavy (non-hydrogen) atoms. The van der Waals surface area contributed by atoms with Gasteiger partial charge in [-0.3, -0.25) is 0 Å². The van der Waals surface area contributed by atoms with Crippen molar-refractivity contribution in [2.45, 2.75) is 24.6 Å². The van der Waals surface area contributed by atoms with Gasteiger partial charge in [-0.25, -0.2) is 14.8 Å². The molecule has 1 aromatic heterocycles. The Labute approximate surface area is 116 Å². The summed E-state index contributed by atoms with van der Waals surface area (Å²) in [6.45, 7) is 4.71. The summed E-state index contributed by atoms with van der Waals surface area (Å²) in [6.07, 6.45) is 3.36. The summed E-state index contributed by atoms with van der Waals surface area (Å²) in [7, 11) is 0. The molecule has 0 amide bonds. The van der Waals surface area contributed by atoms with Crippen LogP contribution in [-0.4, -0.2) is 52.6 Å². The standard InChI is InChI=1S/C12H17N3O3S/c1-4-18-10(16)8-5-13-11(19-3)14-9(8)15-6-12(2,17)7-15/h5,17H,4,6-7H2,1-3H3. The lowest BCUT2D eigenvalue weighted by molar-refractivity contribution is 0.0296. The Morgan fingerprint density at radius 3 is 2.84 bits per heavy atom. The highest BCUT2D eigenvalue weighted by Gasteiger charge is 2.39. The Hall–Kier alpha value is -1.34. The van der Waals surface area contributed by atoms with Crippen molar-refractivity contribution >= 4 is 23.5 Å². The number of esters is 1. The third-order valence-electron chi connectivity index (χ3n) is 2.79. The molecule has 0 atom stereocenters. The first-order chi connectivity index (χ1) is 8.96. The van der Waals surface area contributed by atoms with Crippen molar-refractivity contribution in [1.82, 2.24) is 9.97 Å². The van der Waals surface area contributed by atoms with E-state index >= 15 is 0 Å². The molecular weight excluding hydrogens is 266 g/mol. The molecule has 104 valence electrons. The molecule has 0 spiro atoms. The van der Waals surface area contributed by atoms with Gasteiger partial charge in [-0.1, -0.05) is 11.8 Å². The van der Waals surface area contributed by atoms with Gasteiger partial charge in [-0.15, -0.1) is 0 Å². The SMILES string of the molecule is CCOC(=O)c1cnc(SC)nc1N1CC(C)(O)C1. The number of carbonyl (C=O) groups excluding carboxylic acids is 1. The average molecular weight is 283 g/mol. The van der Waals surface area contributed by atoms with E-state index in [1.165, 1.54) is 18.0 Å². The number of carbonyl (C=O) groups is 1. The highest BCUT2D eigenvalue weighted by atomic mass is 32.2. The summed E-state index contributed by atoms with van der Waals surface area (Å²) in [5.74, 6) is 0.0982. The average Bonchev–Trinajstić information content (AvgIpc) is 2.35. The van der Waals surface area contributed by atoms with Gasteiger partial charge < -0.3 is 14.7 Å². The lowest BCUT2D eigenvalue weighted by Gasteiger charge is -2.45. The van der Waals surface area contributed by atoms with E-state index in [0.717, 1.165) is 0 Å². The highest BCUT2D eigenvalue weighted by Crippen LogP contribution is 2.29. The van der Waals surface area contributed by atoms with Crippen LogP contribution >= 0.6 is 11.8 Å². The van der Waals surface area contributed by atoms with Crippen molar-refractivity contribution in [3.05, 3.63) is 11.8 Å². The van der Waals surface area contributed by atoms with Gasteiger partial charge in [0, 0.05) is 19.3 Å². The van der Waals surface area contributed by atoms with E-state index in [4.69, 9.17) is 4.74 Å². The Bertz CT molecular complexity index is 485. The quantitative estimate of drug-likeness (QED) is 0.501. The fourth-order valence-corrected chi connectivity index (χ4v) is 2.31. The van der Waals surface area contributed by atoms with Gasteiger partial charge in [0.2, 0.25) is 0 Å². The van der Waals surface area contributed by atoms with Crippen LogP contribution in [0.1, 0.15) is 24.2 Å². The molecule has 2 heterocycles. The third kappa shape index (κ3) is 2.98. The van der Waals surface area contributed by atoms with E-state index in [0.29, 0.717) is 36.2 Å². The van der Waals surface area contributed by atoms with Gasteiger partial charge in [0.05, 0.1) is 12.2 Å². The molecule has 0 unspecified atom stereocenters. The van der Waals surface area contributed by atoms with Crippen LogP contribution < -0.4 is 4.90 Å². The summed E-state index contributed by atoms with van der Waals surface area (Å²) in [5.41, 5.74) is -0.383. The monoisotopic (exact) mass is 283 g/mol. The number of aromatic nitrogens is 2. The smallest absolute Gasteiger partial charge is 0.343 e. The van der Waals surface area contributed by atoms with E-state index in [9.17, 15) is 9.90 Å². The molecule has 2 rings (SSSR count). The Morgan fingerprint density at radius 1 is 1.63 bits per heavy atom. The van der Waals surface area contributed by atoms with E-state index < -0.39 is 11.6 Å². The van der Waals surface area contributed by atoms with E-state index in [-0.39, 0.29) is 0 Å². The number of hydrogen-bond acceptors (Lipinski definition) is 7. The number of anilines is 1. The highest BCUT2D eigenvalue weighted by molar-refractivity contribution is 7.98. The molecule has 1 aliphatic rings.